The van der Waals surface area contributed by atoms with Crippen molar-refractivity contribution in [1.82, 2.24) is 4.98 Å². The topological polar surface area (TPSA) is 46.4 Å². The quantitative estimate of drug-likeness (QED) is 0.758. The van der Waals surface area contributed by atoms with Crippen LogP contribution in [0.3, 0.4) is 0 Å². The molecule has 1 aromatic heterocycles. The zero-order chi connectivity index (χ0) is 17.2. The van der Waals surface area contributed by atoms with Gasteiger partial charge in [-0.3, -0.25) is 4.79 Å². The standard InChI is InChI=1S/C20H21N3OS/c1-14-8-10-15(11-9-14)21-19(24)13-23-12-4-6-17(23)20-22-16-5-2-3-7-18(16)25-20/h2-3,5,7-11,17H,4,6,12-13H2,1H3,(H,21,24)/p+1/t17-/m0/s1. The summed E-state index contributed by atoms with van der Waals surface area (Å²) in [5.74, 6) is 0.0758. The van der Waals surface area contributed by atoms with E-state index in [1.54, 1.807) is 11.3 Å². The van der Waals surface area contributed by atoms with Crippen molar-refractivity contribution in [2.45, 2.75) is 25.8 Å². The fraction of sp³-hybridized carbons (Fsp3) is 0.300. The van der Waals surface area contributed by atoms with E-state index >= 15 is 0 Å². The molecule has 2 N–H and O–H groups in total. The van der Waals surface area contributed by atoms with E-state index in [-0.39, 0.29) is 5.91 Å². The van der Waals surface area contributed by atoms with Gasteiger partial charge in [-0.2, -0.15) is 0 Å². The van der Waals surface area contributed by atoms with Crippen LogP contribution in [-0.2, 0) is 4.79 Å². The maximum atomic E-state index is 12.5. The number of benzene rings is 2. The number of amides is 1. The van der Waals surface area contributed by atoms with Crippen LogP contribution in [0.1, 0.15) is 29.5 Å². The Morgan fingerprint density at radius 3 is 2.84 bits per heavy atom. The van der Waals surface area contributed by atoms with Crippen molar-refractivity contribution in [3.63, 3.8) is 0 Å². The number of hydrogen-bond donors (Lipinski definition) is 2. The Labute approximate surface area is 151 Å². The number of thiazole rings is 1. The molecule has 1 saturated heterocycles. The smallest absolute Gasteiger partial charge is 0.279 e. The maximum absolute atomic E-state index is 12.5. The second kappa shape index (κ2) is 6.94. The van der Waals surface area contributed by atoms with Gasteiger partial charge >= 0.3 is 0 Å². The summed E-state index contributed by atoms with van der Waals surface area (Å²) in [5, 5.41) is 4.18. The Morgan fingerprint density at radius 2 is 2.04 bits per heavy atom. The number of aromatic nitrogens is 1. The van der Waals surface area contributed by atoms with Crippen LogP contribution in [-0.4, -0.2) is 24.0 Å². The highest BCUT2D eigenvalue weighted by Gasteiger charge is 2.33. The van der Waals surface area contributed by atoms with Gasteiger partial charge < -0.3 is 10.2 Å². The number of nitrogens with one attached hydrogen (secondary N) is 2. The Kier molecular flexibility index (Phi) is 4.51. The summed E-state index contributed by atoms with van der Waals surface area (Å²) in [6.45, 7) is 3.57. The number of fused-ring (bicyclic) bond motifs is 1. The normalized spacial score (nSPS) is 20.0. The van der Waals surface area contributed by atoms with Crippen LogP contribution in [0.15, 0.2) is 48.5 Å². The van der Waals surface area contributed by atoms with Gasteiger partial charge in [0.15, 0.2) is 11.6 Å². The molecule has 1 fully saturated rings. The van der Waals surface area contributed by atoms with Crippen LogP contribution in [0.2, 0.25) is 0 Å². The molecule has 0 bridgehead atoms. The minimum absolute atomic E-state index is 0.0758. The molecule has 25 heavy (non-hydrogen) atoms. The van der Waals surface area contributed by atoms with E-state index in [0.29, 0.717) is 12.6 Å². The Bertz CT molecular complexity index is 854. The van der Waals surface area contributed by atoms with Crippen LogP contribution < -0.4 is 10.2 Å². The van der Waals surface area contributed by atoms with Crippen molar-refractivity contribution in [2.75, 3.05) is 18.4 Å². The van der Waals surface area contributed by atoms with Crippen molar-refractivity contribution in [3.8, 4) is 0 Å². The fourth-order valence-corrected chi connectivity index (χ4v) is 4.67. The molecule has 4 nitrogen and oxygen atoms in total. The van der Waals surface area contributed by atoms with Gasteiger partial charge in [0.05, 0.1) is 16.8 Å². The summed E-state index contributed by atoms with van der Waals surface area (Å²) in [6.07, 6.45) is 2.25. The van der Waals surface area contributed by atoms with Crippen LogP contribution in [0.4, 0.5) is 5.69 Å². The number of para-hydroxylation sites is 1. The van der Waals surface area contributed by atoms with Crippen LogP contribution in [0.25, 0.3) is 10.2 Å². The first-order valence-corrected chi connectivity index (χ1v) is 9.57. The second-order valence-electron chi connectivity index (χ2n) is 6.71. The van der Waals surface area contributed by atoms with Gasteiger partial charge in [0.2, 0.25) is 0 Å². The van der Waals surface area contributed by atoms with E-state index in [1.807, 2.05) is 37.3 Å². The number of rotatable bonds is 4. The molecular weight excluding hydrogens is 330 g/mol. The Balaban J connectivity index is 1.45. The summed E-state index contributed by atoms with van der Waals surface area (Å²) in [5.41, 5.74) is 3.13. The number of aryl methyl sites for hydroxylation is 1. The third-order valence-electron chi connectivity index (χ3n) is 4.81. The molecule has 128 valence electrons. The van der Waals surface area contributed by atoms with Crippen LogP contribution in [0.5, 0.6) is 0 Å². The Hall–Kier alpha value is -2.24. The highest BCUT2D eigenvalue weighted by molar-refractivity contribution is 7.18. The highest BCUT2D eigenvalue weighted by Crippen LogP contribution is 2.28. The molecule has 3 aromatic rings. The van der Waals surface area contributed by atoms with E-state index in [9.17, 15) is 4.79 Å². The van der Waals surface area contributed by atoms with Crippen molar-refractivity contribution in [1.29, 1.82) is 0 Å². The lowest BCUT2D eigenvalue weighted by Crippen LogP contribution is -3.11. The minimum Gasteiger partial charge on any atom is -0.321 e. The average molecular weight is 352 g/mol. The molecule has 2 heterocycles. The molecule has 1 aliphatic heterocycles. The number of anilines is 1. The summed E-state index contributed by atoms with van der Waals surface area (Å²) in [7, 11) is 0. The summed E-state index contributed by atoms with van der Waals surface area (Å²) in [6, 6.07) is 16.5. The summed E-state index contributed by atoms with van der Waals surface area (Å²) < 4.78 is 1.23. The molecule has 5 heteroatoms. The minimum atomic E-state index is 0.0758. The fourth-order valence-electron chi connectivity index (χ4n) is 3.51. The molecule has 1 aliphatic rings. The van der Waals surface area contributed by atoms with Crippen molar-refractivity contribution < 1.29 is 9.69 Å². The van der Waals surface area contributed by atoms with Gasteiger partial charge in [0, 0.05) is 18.5 Å². The molecule has 1 amide bonds. The number of hydrogen-bond acceptors (Lipinski definition) is 3. The van der Waals surface area contributed by atoms with Crippen molar-refractivity contribution in [3.05, 3.63) is 59.1 Å². The number of nitrogens with zero attached hydrogens (tertiary/aromatic N) is 1. The molecule has 0 radical (unpaired) electrons. The lowest BCUT2D eigenvalue weighted by molar-refractivity contribution is -0.910. The van der Waals surface area contributed by atoms with Gasteiger partial charge in [-0.05, 0) is 31.2 Å². The lowest BCUT2D eigenvalue weighted by Gasteiger charge is -2.19. The first-order valence-electron chi connectivity index (χ1n) is 8.75. The second-order valence-corrected chi connectivity index (χ2v) is 7.78. The van der Waals surface area contributed by atoms with E-state index in [2.05, 4.69) is 23.5 Å². The molecule has 0 aliphatic carbocycles. The van der Waals surface area contributed by atoms with E-state index in [1.165, 1.54) is 15.2 Å². The van der Waals surface area contributed by atoms with Gasteiger partial charge in [-0.1, -0.05) is 29.8 Å². The lowest BCUT2D eigenvalue weighted by atomic mass is 10.2. The van der Waals surface area contributed by atoms with Crippen molar-refractivity contribution in [2.24, 2.45) is 0 Å². The zero-order valence-electron chi connectivity index (χ0n) is 14.3. The molecule has 1 unspecified atom stereocenters. The van der Waals surface area contributed by atoms with E-state index in [4.69, 9.17) is 4.98 Å². The molecule has 2 aromatic carbocycles. The summed E-state index contributed by atoms with van der Waals surface area (Å²) >= 11 is 1.77. The SMILES string of the molecule is Cc1ccc(NC(=O)C[NH+]2CCC[C@H]2c2nc3ccccc3s2)cc1. The molecule has 0 spiro atoms. The monoisotopic (exact) mass is 352 g/mol. The number of carbonyl (C=O) groups excluding carboxylic acids is 1. The van der Waals surface area contributed by atoms with Gasteiger partial charge in [-0.15, -0.1) is 11.3 Å². The third-order valence-corrected chi connectivity index (χ3v) is 5.97. The number of carbonyl (C=O) groups is 1. The van der Waals surface area contributed by atoms with E-state index < -0.39 is 0 Å². The number of likely N-dealkylation sites (tertiary alicyclic amines) is 1. The predicted molar refractivity (Wildman–Crippen MR) is 102 cm³/mol. The molecular formula is C20H22N3OS+. The van der Waals surface area contributed by atoms with Crippen LogP contribution in [0, 0.1) is 6.92 Å². The van der Waals surface area contributed by atoms with Gasteiger partial charge in [0.25, 0.3) is 5.91 Å². The largest absolute Gasteiger partial charge is 0.321 e. The molecule has 0 saturated carbocycles. The number of quaternary nitrogens is 1. The third kappa shape index (κ3) is 3.57. The van der Waals surface area contributed by atoms with Gasteiger partial charge in [0.1, 0.15) is 6.04 Å². The summed E-state index contributed by atoms with van der Waals surface area (Å²) in [4.78, 5) is 18.6. The van der Waals surface area contributed by atoms with Gasteiger partial charge in [-0.25, -0.2) is 4.98 Å². The van der Waals surface area contributed by atoms with Crippen LogP contribution >= 0.6 is 11.3 Å². The highest BCUT2D eigenvalue weighted by atomic mass is 32.1. The average Bonchev–Trinajstić information content (AvgIpc) is 3.22. The zero-order valence-corrected chi connectivity index (χ0v) is 15.1. The Morgan fingerprint density at radius 1 is 1.24 bits per heavy atom. The van der Waals surface area contributed by atoms with E-state index in [0.717, 1.165) is 35.6 Å². The first kappa shape index (κ1) is 16.2. The molecule has 4 rings (SSSR count). The molecule has 2 atom stereocenters. The predicted octanol–water partition coefficient (Wildman–Crippen LogP) is 2.96. The maximum Gasteiger partial charge on any atom is 0.279 e. The van der Waals surface area contributed by atoms with Crippen molar-refractivity contribution >= 4 is 33.1 Å². The first-order chi connectivity index (χ1) is 12.2.